The average molecular weight is 647 g/mol. The normalized spacial score (nSPS) is 15.4. The Morgan fingerprint density at radius 2 is 1.91 bits per heavy atom. The van der Waals surface area contributed by atoms with E-state index < -0.39 is 17.0 Å². The van der Waals surface area contributed by atoms with E-state index in [1.807, 2.05) is 26.0 Å². The number of phenols is 1. The molecule has 1 amide bonds. The zero-order valence-electron chi connectivity index (χ0n) is 24.4. The number of pyridine rings is 1. The van der Waals surface area contributed by atoms with Crippen LogP contribution in [0.15, 0.2) is 60.9 Å². The first kappa shape index (κ1) is 33.2. The molecule has 0 bridgehead atoms. The lowest BCUT2D eigenvalue weighted by molar-refractivity contribution is -0.127. The maximum Gasteiger partial charge on any atom is 0.224 e. The number of aromatic hydroxyl groups is 1. The van der Waals surface area contributed by atoms with Crippen LogP contribution in [-0.2, 0) is 10.2 Å². The Kier molecular flexibility index (Phi) is 10.8. The van der Waals surface area contributed by atoms with Gasteiger partial charge in [0.1, 0.15) is 23.9 Å². The summed E-state index contributed by atoms with van der Waals surface area (Å²) in [7, 11) is 0. The van der Waals surface area contributed by atoms with E-state index in [1.54, 1.807) is 30.6 Å². The Bertz CT molecular complexity index is 1590. The number of hydrogen-bond donors (Lipinski definition) is 3. The smallest absolute Gasteiger partial charge is 0.224 e. The third-order valence-electron chi connectivity index (χ3n) is 7.68. The van der Waals surface area contributed by atoms with Crippen molar-refractivity contribution in [2.45, 2.75) is 32.1 Å². The Labute approximate surface area is 266 Å². The first-order chi connectivity index (χ1) is 20.6. The second-order valence-electron chi connectivity index (χ2n) is 11.4. The van der Waals surface area contributed by atoms with Crippen molar-refractivity contribution >= 4 is 29.9 Å². The van der Waals surface area contributed by atoms with Crippen LogP contribution in [0.5, 0.6) is 11.5 Å². The number of ether oxygens (including phenoxy) is 1. The van der Waals surface area contributed by atoms with Crippen LogP contribution in [0.4, 0.5) is 8.78 Å². The first-order valence-electron chi connectivity index (χ1n) is 14.2. The molecule has 5 rings (SSSR count). The average Bonchev–Trinajstić information content (AvgIpc) is 3.47. The Hall–Kier alpha value is -3.73. The van der Waals surface area contributed by atoms with Crippen LogP contribution >= 0.6 is 24.0 Å². The van der Waals surface area contributed by atoms with Crippen molar-refractivity contribution in [1.29, 1.82) is 0 Å². The third-order valence-corrected chi connectivity index (χ3v) is 8.00. The van der Waals surface area contributed by atoms with E-state index in [2.05, 4.69) is 20.2 Å². The second kappa shape index (κ2) is 14.4. The van der Waals surface area contributed by atoms with E-state index in [9.17, 15) is 18.7 Å². The van der Waals surface area contributed by atoms with Crippen LogP contribution in [0.1, 0.15) is 32.5 Å². The number of halogens is 4. The fourth-order valence-electron chi connectivity index (χ4n) is 5.16. The van der Waals surface area contributed by atoms with Crippen LogP contribution in [-0.4, -0.2) is 63.7 Å². The molecular weight excluding hydrogens is 611 g/mol. The number of carbonyl (C=O) groups excluding carboxylic acids is 1. The molecule has 2 aromatic heterocycles. The van der Waals surface area contributed by atoms with Crippen LogP contribution in [0.2, 0.25) is 5.02 Å². The molecule has 4 aromatic rings. The summed E-state index contributed by atoms with van der Waals surface area (Å²) in [5.74, 6) is -1.14. The maximum absolute atomic E-state index is 13.4. The van der Waals surface area contributed by atoms with Crippen molar-refractivity contribution in [2.24, 2.45) is 5.92 Å². The molecular formula is C32H35Cl2F2N5O3. The highest BCUT2D eigenvalue weighted by molar-refractivity contribution is 6.32. The van der Waals surface area contributed by atoms with Gasteiger partial charge in [0.25, 0.3) is 0 Å². The number of amides is 1. The first-order valence-corrected chi connectivity index (χ1v) is 14.6. The highest BCUT2D eigenvalue weighted by Crippen LogP contribution is 2.36. The summed E-state index contributed by atoms with van der Waals surface area (Å²) in [5, 5.41) is 13.6. The lowest BCUT2D eigenvalue weighted by Crippen LogP contribution is -2.46. The van der Waals surface area contributed by atoms with E-state index in [0.29, 0.717) is 43.3 Å². The number of H-pyrrole nitrogens is 1. The molecule has 8 nitrogen and oxygen atoms in total. The predicted molar refractivity (Wildman–Crippen MR) is 168 cm³/mol. The van der Waals surface area contributed by atoms with Gasteiger partial charge in [-0.25, -0.2) is 13.8 Å². The SMILES string of the molecule is CC(C)(CNC(=O)[C@@H]1CCCN(CCOc2ccc(F)c(F)c2)C1)c1nc(-c2ccc(Cl)c(O)c2)c(-c2ccncc2)[nH]1.Cl. The molecule has 0 aliphatic carbocycles. The number of phenolic OH excluding ortho intramolecular Hbond substituents is 1. The van der Waals surface area contributed by atoms with Gasteiger partial charge in [0.2, 0.25) is 5.91 Å². The number of rotatable bonds is 10. The quantitative estimate of drug-likeness (QED) is 0.185. The number of likely N-dealkylation sites (tertiary alicyclic amines) is 1. The van der Waals surface area contributed by atoms with Gasteiger partial charge in [0.15, 0.2) is 11.6 Å². The molecule has 3 N–H and O–H groups in total. The number of nitrogens with zero attached hydrogens (tertiary/aromatic N) is 3. The largest absolute Gasteiger partial charge is 0.506 e. The lowest BCUT2D eigenvalue weighted by atomic mass is 9.91. The van der Waals surface area contributed by atoms with Gasteiger partial charge in [-0.15, -0.1) is 12.4 Å². The minimum atomic E-state index is -0.946. The topological polar surface area (TPSA) is 103 Å². The molecule has 234 valence electrons. The predicted octanol–water partition coefficient (Wildman–Crippen LogP) is 6.38. The number of hydrogen-bond acceptors (Lipinski definition) is 6. The monoisotopic (exact) mass is 645 g/mol. The standard InChI is InChI=1S/C32H34ClF2N5O3.ClH/c1-32(2,31-38-28(20-9-11-36-12-10-20)29(39-31)21-5-7-24(33)27(41)16-21)19-37-30(42)22-4-3-13-40(18-22)14-15-43-23-6-8-25(34)26(35)17-23;/h5-12,16-17,22,41H,3-4,13-15,18-19H2,1-2H3,(H,37,42)(H,38,39);1H/t22-;/m1./s1. The molecule has 1 atom stereocenters. The number of carbonyl (C=O) groups is 1. The zero-order valence-corrected chi connectivity index (χ0v) is 26.0. The van der Waals surface area contributed by atoms with Gasteiger partial charge in [-0.05, 0) is 55.8 Å². The number of benzene rings is 2. The fourth-order valence-corrected chi connectivity index (χ4v) is 5.28. The molecule has 1 fully saturated rings. The molecule has 1 aliphatic heterocycles. The van der Waals surface area contributed by atoms with Crippen molar-refractivity contribution in [1.82, 2.24) is 25.2 Å². The molecule has 0 saturated carbocycles. The van der Waals surface area contributed by atoms with Crippen LogP contribution < -0.4 is 10.1 Å². The summed E-state index contributed by atoms with van der Waals surface area (Å²) in [6, 6.07) is 12.2. The summed E-state index contributed by atoms with van der Waals surface area (Å²) < 4.78 is 32.2. The Morgan fingerprint density at radius 3 is 2.64 bits per heavy atom. The van der Waals surface area contributed by atoms with Crippen molar-refractivity contribution in [3.05, 3.63) is 83.4 Å². The Morgan fingerprint density at radius 1 is 1.14 bits per heavy atom. The molecule has 2 aromatic carbocycles. The Balaban J connectivity index is 0.00000442. The zero-order chi connectivity index (χ0) is 30.6. The van der Waals surface area contributed by atoms with Crippen LogP contribution in [0.3, 0.4) is 0 Å². The number of aromatic nitrogens is 3. The molecule has 0 spiro atoms. The number of aromatic amines is 1. The van der Waals surface area contributed by atoms with E-state index in [4.69, 9.17) is 21.3 Å². The van der Waals surface area contributed by atoms with Gasteiger partial charge in [0.05, 0.1) is 22.3 Å². The van der Waals surface area contributed by atoms with Crippen molar-refractivity contribution in [3.63, 3.8) is 0 Å². The maximum atomic E-state index is 13.4. The molecule has 1 aliphatic rings. The van der Waals surface area contributed by atoms with E-state index in [0.717, 1.165) is 42.8 Å². The molecule has 44 heavy (non-hydrogen) atoms. The number of imidazole rings is 1. The van der Waals surface area contributed by atoms with Crippen molar-refractivity contribution in [3.8, 4) is 34.0 Å². The van der Waals surface area contributed by atoms with Crippen LogP contribution in [0.25, 0.3) is 22.5 Å². The highest BCUT2D eigenvalue weighted by Gasteiger charge is 2.31. The summed E-state index contributed by atoms with van der Waals surface area (Å²) in [4.78, 5) is 27.9. The van der Waals surface area contributed by atoms with E-state index in [-0.39, 0.29) is 40.8 Å². The molecule has 1 saturated heterocycles. The van der Waals surface area contributed by atoms with E-state index in [1.165, 1.54) is 6.07 Å². The van der Waals surface area contributed by atoms with E-state index >= 15 is 0 Å². The molecule has 3 heterocycles. The van der Waals surface area contributed by atoms with Gasteiger partial charge in [0, 0.05) is 54.6 Å². The second-order valence-corrected chi connectivity index (χ2v) is 11.8. The summed E-state index contributed by atoms with van der Waals surface area (Å²) in [5.41, 5.74) is 2.46. The number of nitrogens with one attached hydrogen (secondary N) is 2. The minimum Gasteiger partial charge on any atom is -0.506 e. The fraction of sp³-hybridized carbons (Fsp3) is 0.344. The summed E-state index contributed by atoms with van der Waals surface area (Å²) in [6.07, 6.45) is 5.06. The van der Waals surface area contributed by atoms with Gasteiger partial charge < -0.3 is 20.1 Å². The third kappa shape index (κ3) is 7.85. The number of piperidine rings is 1. The molecule has 0 unspecified atom stereocenters. The minimum absolute atomic E-state index is 0. The summed E-state index contributed by atoms with van der Waals surface area (Å²) in [6.45, 7) is 6.67. The van der Waals surface area contributed by atoms with Crippen molar-refractivity contribution < 1.29 is 23.4 Å². The molecule has 12 heteroatoms. The van der Waals surface area contributed by atoms with Gasteiger partial charge in [-0.1, -0.05) is 31.5 Å². The van der Waals surface area contributed by atoms with Gasteiger partial charge >= 0.3 is 0 Å². The summed E-state index contributed by atoms with van der Waals surface area (Å²) >= 11 is 6.05. The lowest BCUT2D eigenvalue weighted by Gasteiger charge is -2.32. The van der Waals surface area contributed by atoms with Gasteiger partial charge in [-0.3, -0.25) is 14.7 Å². The van der Waals surface area contributed by atoms with Crippen molar-refractivity contribution in [2.75, 3.05) is 32.8 Å². The molecule has 0 radical (unpaired) electrons. The van der Waals surface area contributed by atoms with Crippen LogP contribution in [0, 0.1) is 17.6 Å². The highest BCUT2D eigenvalue weighted by atomic mass is 35.5. The van der Waals surface area contributed by atoms with Gasteiger partial charge in [-0.2, -0.15) is 0 Å².